The van der Waals surface area contributed by atoms with E-state index < -0.39 is 29.3 Å². The van der Waals surface area contributed by atoms with Gasteiger partial charge in [-0.3, -0.25) is 44.5 Å². The van der Waals surface area contributed by atoms with E-state index in [1.54, 1.807) is 104 Å². The van der Waals surface area contributed by atoms with E-state index >= 15 is 0 Å². The molecule has 0 aliphatic carbocycles. The van der Waals surface area contributed by atoms with Crippen LogP contribution in [-0.2, 0) is 38.9 Å². The Morgan fingerprint density at radius 3 is 1.45 bits per heavy atom. The van der Waals surface area contributed by atoms with Crippen LogP contribution >= 0.6 is 23.2 Å². The number of aromatic carboxylic acids is 1. The number of carboxylic acid groups (broad SMARTS) is 1. The van der Waals surface area contributed by atoms with Crippen LogP contribution in [0.25, 0.3) is 54.6 Å². The first-order valence-corrected chi connectivity index (χ1v) is 33.7. The number of fused-ring (bicyclic) bond motifs is 6. The van der Waals surface area contributed by atoms with Crippen molar-refractivity contribution in [3.63, 3.8) is 0 Å². The standard InChI is InChI=1S/C27H19ClFN5O.C26H18ClFN6O.C18H13N3O2.C10H8FN3/c1-15-6-19-7-16(8-20(11-30)26(19)33-12-15)9-21-10-17(4-5-31-21)27(35)34-13-18-2-3-23-24(25(18)29)22(28)14-32-23;1-14-4-17-5-15(6-18(9-29)24(17)31-10-14)7-20-8-16(2-3-30-20)26(35)34-12-19-11-32-25-22(23(19)28)21(27)13-33-25;1-11-4-14-5-12(6-15(9-19)17(14)21-10-11)7-16-8-13(18(22)23)2-3-20-16;11-10-6(3-12)1-2-8-9(10)7(4-13)5-14-8/h2-8,10,12,14,32H,9,13H2,1H3,(H,34,35);2-6,8,10-11,13H,7,12H2,1H3,(H,32,33)(H,34,35);2-6,8,10H,7H2,1H3,(H,22,23);1-2,5,7H,3,12H2. The molecule has 0 bridgehead atoms. The molecule has 0 saturated carbocycles. The summed E-state index contributed by atoms with van der Waals surface area (Å²) in [6.07, 6.45) is 17.0. The van der Waals surface area contributed by atoms with E-state index in [9.17, 15) is 43.3 Å². The largest absolute Gasteiger partial charge is 0.478 e. The number of aromatic nitrogens is 9. The highest BCUT2D eigenvalue weighted by Gasteiger charge is 2.25. The van der Waals surface area contributed by atoms with Crippen molar-refractivity contribution in [1.82, 2.24) is 55.5 Å². The maximum Gasteiger partial charge on any atom is 0.335 e. The smallest absolute Gasteiger partial charge is 0.335 e. The van der Waals surface area contributed by atoms with E-state index in [2.05, 4.69) is 78.7 Å². The van der Waals surface area contributed by atoms with Gasteiger partial charge in [0.2, 0.25) is 0 Å². The lowest BCUT2D eigenvalue weighted by Crippen LogP contribution is -2.23. The second kappa shape index (κ2) is 32.4. The summed E-state index contributed by atoms with van der Waals surface area (Å²) < 4.78 is 43.3. The maximum absolute atomic E-state index is 14.8. The van der Waals surface area contributed by atoms with Crippen molar-refractivity contribution in [3.05, 3.63) is 305 Å². The van der Waals surface area contributed by atoms with E-state index in [1.165, 1.54) is 37.1 Å². The van der Waals surface area contributed by atoms with Crippen LogP contribution in [0.15, 0.2) is 176 Å². The quantitative estimate of drug-likeness (QED) is 0.0589. The Morgan fingerprint density at radius 2 is 0.972 bits per heavy atom. The van der Waals surface area contributed by atoms with Gasteiger partial charge in [0.1, 0.15) is 47.2 Å². The lowest BCUT2D eigenvalue weighted by atomic mass is 9.99. The third-order valence-electron chi connectivity index (χ3n) is 17.3. The van der Waals surface area contributed by atoms with Gasteiger partial charge in [0.05, 0.1) is 71.4 Å². The number of nitrogens with one attached hydrogen (secondary N) is 4. The Balaban J connectivity index is 0.000000140. The summed E-state index contributed by atoms with van der Waals surface area (Å²) in [7, 11) is 0. The summed E-state index contributed by atoms with van der Waals surface area (Å²) in [5.41, 5.74) is 20.4. The fraction of sp³-hybridized carbons (Fsp3) is 0.123. The van der Waals surface area contributed by atoms with Gasteiger partial charge in [0.15, 0.2) is 0 Å². The number of hydrogen-bond acceptors (Lipinski definition) is 16. The van der Waals surface area contributed by atoms with Gasteiger partial charge in [0.25, 0.3) is 11.8 Å². The van der Waals surface area contributed by atoms with Crippen LogP contribution in [0.5, 0.6) is 0 Å². The minimum atomic E-state index is -0.982. The van der Waals surface area contributed by atoms with Crippen LogP contribution in [-0.4, -0.2) is 74.0 Å². The van der Waals surface area contributed by atoms with Gasteiger partial charge in [-0.2, -0.15) is 21.0 Å². The van der Waals surface area contributed by atoms with Crippen LogP contribution in [0.1, 0.15) is 126 Å². The number of amides is 2. The molecule has 1 atom stereocenters. The molecule has 1 unspecified atom stereocenters. The van der Waals surface area contributed by atoms with E-state index in [0.717, 1.165) is 49.5 Å². The number of carbonyl (C=O) groups excluding carboxylic acids is 2. The lowest BCUT2D eigenvalue weighted by molar-refractivity contribution is 0.0695. The number of aliphatic imine (C=N–C) groups is 1. The van der Waals surface area contributed by atoms with Crippen molar-refractivity contribution in [3.8, 4) is 24.3 Å². The van der Waals surface area contributed by atoms with Crippen LogP contribution in [0, 0.1) is 83.5 Å². The Hall–Kier alpha value is -13.6. The molecule has 9 aromatic heterocycles. The molecule has 10 heterocycles. The van der Waals surface area contributed by atoms with E-state index in [4.69, 9.17) is 39.3 Å². The summed E-state index contributed by atoms with van der Waals surface area (Å²) >= 11 is 12.1. The van der Waals surface area contributed by atoms with Crippen LogP contribution in [0.3, 0.4) is 0 Å². The number of halogens is 5. The molecular weight excluding hydrogens is 1400 g/mol. The molecule has 0 saturated heterocycles. The minimum Gasteiger partial charge on any atom is -0.478 e. The third kappa shape index (κ3) is 16.6. The summed E-state index contributed by atoms with van der Waals surface area (Å²) in [6.45, 7) is 5.95. The molecule has 0 fully saturated rings. The number of carbonyl (C=O) groups is 3. The zero-order valence-corrected chi connectivity index (χ0v) is 58.6. The number of aryl methyl sites for hydroxylation is 3. The lowest BCUT2D eigenvalue weighted by Gasteiger charge is -2.09. The molecular formula is C81H58Cl2F3N17O4. The number of nitrogens with two attached hydrogens (primary N) is 1. The number of H-pyrrole nitrogens is 2. The summed E-state index contributed by atoms with van der Waals surface area (Å²) in [6, 6.07) is 42.0. The normalized spacial score (nSPS) is 11.8. The third-order valence-corrected chi connectivity index (χ3v) is 17.9. The molecule has 14 aromatic rings. The predicted octanol–water partition coefficient (Wildman–Crippen LogP) is 15.3. The highest BCUT2D eigenvalue weighted by Crippen LogP contribution is 2.36. The van der Waals surface area contributed by atoms with Crippen molar-refractivity contribution in [1.29, 1.82) is 21.0 Å². The first kappa shape index (κ1) is 73.1. The Morgan fingerprint density at radius 1 is 0.523 bits per heavy atom. The van der Waals surface area contributed by atoms with Gasteiger partial charge < -0.3 is 31.4 Å². The molecule has 1 aliphatic rings. The number of nitriles is 4. The second-order valence-electron chi connectivity index (χ2n) is 24.9. The fourth-order valence-electron chi connectivity index (χ4n) is 12.2. The zero-order chi connectivity index (χ0) is 75.6. The Kier molecular flexibility index (Phi) is 22.1. The number of carboxylic acids is 1. The number of rotatable bonds is 14. The summed E-state index contributed by atoms with van der Waals surface area (Å²) in [5.74, 6) is -3.64. The number of benzene rings is 5. The van der Waals surface area contributed by atoms with Gasteiger partial charge >= 0.3 is 5.97 Å². The van der Waals surface area contributed by atoms with Gasteiger partial charge in [-0.05, 0) is 157 Å². The zero-order valence-electron chi connectivity index (χ0n) is 57.1. The van der Waals surface area contributed by atoms with Gasteiger partial charge in [-0.1, -0.05) is 35.3 Å². The Bertz CT molecular complexity index is 5870. The van der Waals surface area contributed by atoms with E-state index in [-0.39, 0.29) is 53.0 Å². The highest BCUT2D eigenvalue weighted by molar-refractivity contribution is 6.36. The molecule has 26 heteroatoms. The van der Waals surface area contributed by atoms with Gasteiger partial charge in [-0.25, -0.2) is 22.9 Å². The maximum atomic E-state index is 14.8. The van der Waals surface area contributed by atoms with Crippen molar-refractivity contribution < 1.29 is 32.7 Å². The van der Waals surface area contributed by atoms with Crippen LogP contribution < -0.4 is 16.4 Å². The van der Waals surface area contributed by atoms with Gasteiger partial charge in [0, 0.05) is 173 Å². The molecule has 2 amide bonds. The van der Waals surface area contributed by atoms with Crippen molar-refractivity contribution >= 4 is 108 Å². The van der Waals surface area contributed by atoms with Gasteiger partial charge in [-0.15, -0.1) is 0 Å². The SMILES string of the molecule is Cc1cnc2c(C#N)cc(Cc3cc(C(=O)NCc4ccc5[nH]cc(Cl)c5c4F)ccn3)cc2c1.Cc1cnc2c(C#N)cc(Cc3cc(C(=O)NCc4cnc5[nH]cc(Cl)c5c4F)ccn3)cc2c1.Cc1cnc2c(C#N)cc(Cc3cc(C(=O)O)ccn3)cc2c1.N#CC1C=Nc2ccc(CN)c(F)c21. The summed E-state index contributed by atoms with van der Waals surface area (Å²) in [5, 5.41) is 55.4. The topological polar surface area (TPSA) is 351 Å². The molecule has 0 spiro atoms. The van der Waals surface area contributed by atoms with E-state index in [1.807, 2.05) is 63.2 Å². The van der Waals surface area contributed by atoms with Crippen molar-refractivity contribution in [2.45, 2.75) is 65.6 Å². The van der Waals surface area contributed by atoms with E-state index in [0.29, 0.717) is 125 Å². The van der Waals surface area contributed by atoms with Crippen molar-refractivity contribution in [2.24, 2.45) is 10.7 Å². The molecule has 21 nitrogen and oxygen atoms in total. The molecule has 1 aliphatic heterocycles. The Labute approximate surface area is 618 Å². The highest BCUT2D eigenvalue weighted by atomic mass is 35.5. The first-order valence-electron chi connectivity index (χ1n) is 32.9. The van der Waals surface area contributed by atoms with Crippen molar-refractivity contribution in [2.75, 3.05) is 0 Å². The van der Waals surface area contributed by atoms with Crippen LogP contribution in [0.2, 0.25) is 10.0 Å². The number of aromatic amines is 2. The molecule has 107 heavy (non-hydrogen) atoms. The minimum absolute atomic E-state index is 0.0162. The first-order chi connectivity index (χ1) is 51.7. The molecule has 0 radical (unpaired) electrons. The predicted molar refractivity (Wildman–Crippen MR) is 399 cm³/mol. The average molecular weight is 1460 g/mol. The molecule has 7 N–H and O–H groups in total. The second-order valence-corrected chi connectivity index (χ2v) is 25.8. The number of hydrogen-bond donors (Lipinski definition) is 6. The molecule has 15 rings (SSSR count). The summed E-state index contributed by atoms with van der Waals surface area (Å²) in [4.78, 5) is 76.4. The molecule has 526 valence electrons. The monoisotopic (exact) mass is 1460 g/mol. The van der Waals surface area contributed by atoms with Crippen LogP contribution in [0.4, 0.5) is 18.9 Å². The number of pyridine rings is 7. The fourth-order valence-corrected chi connectivity index (χ4v) is 12.6. The number of nitrogens with zero attached hydrogens (tertiary/aromatic N) is 12. The average Bonchev–Trinajstić information content (AvgIpc) is 1.72. The molecule has 5 aromatic carbocycles.